The Balaban J connectivity index is 0.00000200. The van der Waals surface area contributed by atoms with Gasteiger partial charge in [-0.05, 0) is 49.9 Å². The number of rotatable bonds is 3. The maximum Gasteiger partial charge on any atom is 0.243 e. The van der Waals surface area contributed by atoms with E-state index < -0.39 is 15.8 Å². The van der Waals surface area contributed by atoms with Crippen molar-refractivity contribution in [2.45, 2.75) is 31.2 Å². The molecule has 2 unspecified atom stereocenters. The largest absolute Gasteiger partial charge is 0.328 e. The minimum Gasteiger partial charge on any atom is -0.328 e. The molecule has 114 valence electrons. The number of nitrogens with two attached hydrogens (primary N) is 1. The summed E-state index contributed by atoms with van der Waals surface area (Å²) in [7, 11) is -3.54. The van der Waals surface area contributed by atoms with Crippen LogP contribution >= 0.6 is 12.4 Å². The SMILES string of the molecule is Cc1cc(F)ccc1S(=O)(=O)N1CCC(C(C)N)C1.Cl. The second kappa shape index (κ2) is 6.39. The first-order valence-corrected chi connectivity index (χ1v) is 7.78. The van der Waals surface area contributed by atoms with Crippen molar-refractivity contribution in [1.29, 1.82) is 0 Å². The summed E-state index contributed by atoms with van der Waals surface area (Å²) >= 11 is 0. The third-order valence-corrected chi connectivity index (χ3v) is 5.71. The Morgan fingerprint density at radius 2 is 2.10 bits per heavy atom. The zero-order chi connectivity index (χ0) is 14.2. The Kier molecular flexibility index (Phi) is 5.54. The Morgan fingerprint density at radius 3 is 2.60 bits per heavy atom. The second-order valence-corrected chi connectivity index (χ2v) is 7.09. The van der Waals surface area contributed by atoms with Crippen molar-refractivity contribution >= 4 is 22.4 Å². The van der Waals surface area contributed by atoms with E-state index in [-0.39, 0.29) is 29.3 Å². The van der Waals surface area contributed by atoms with Gasteiger partial charge in [0.15, 0.2) is 0 Å². The average molecular weight is 323 g/mol. The minimum atomic E-state index is -3.54. The molecular formula is C13H20ClFN2O2S. The predicted octanol–water partition coefficient (Wildman–Crippen LogP) is 1.91. The van der Waals surface area contributed by atoms with Crippen LogP contribution in [-0.2, 0) is 10.0 Å². The van der Waals surface area contributed by atoms with Gasteiger partial charge in [-0.2, -0.15) is 4.31 Å². The molecule has 1 aliphatic rings. The zero-order valence-electron chi connectivity index (χ0n) is 11.5. The average Bonchev–Trinajstić information content (AvgIpc) is 2.78. The van der Waals surface area contributed by atoms with Crippen LogP contribution in [0.2, 0.25) is 0 Å². The maximum absolute atomic E-state index is 13.1. The van der Waals surface area contributed by atoms with E-state index in [9.17, 15) is 12.8 Å². The summed E-state index contributed by atoms with van der Waals surface area (Å²) in [5, 5.41) is 0. The van der Waals surface area contributed by atoms with Crippen molar-refractivity contribution in [3.05, 3.63) is 29.6 Å². The lowest BCUT2D eigenvalue weighted by molar-refractivity contribution is 0.428. The van der Waals surface area contributed by atoms with Gasteiger partial charge in [0.05, 0.1) is 4.90 Å². The van der Waals surface area contributed by atoms with Gasteiger partial charge in [0.2, 0.25) is 10.0 Å². The third kappa shape index (κ3) is 3.31. The van der Waals surface area contributed by atoms with E-state index in [0.29, 0.717) is 18.7 Å². The molecule has 1 saturated heterocycles. The third-order valence-electron chi connectivity index (χ3n) is 3.69. The van der Waals surface area contributed by atoms with Gasteiger partial charge in [0.1, 0.15) is 5.82 Å². The normalized spacial score (nSPS) is 21.5. The molecular weight excluding hydrogens is 303 g/mol. The van der Waals surface area contributed by atoms with Gasteiger partial charge in [-0.15, -0.1) is 12.4 Å². The van der Waals surface area contributed by atoms with Crippen molar-refractivity contribution in [2.75, 3.05) is 13.1 Å². The number of aryl methyl sites for hydroxylation is 1. The van der Waals surface area contributed by atoms with Crippen LogP contribution in [-0.4, -0.2) is 31.9 Å². The summed E-state index contributed by atoms with van der Waals surface area (Å²) in [5.74, 6) is -0.234. The summed E-state index contributed by atoms with van der Waals surface area (Å²) in [4.78, 5) is 0.180. The van der Waals surface area contributed by atoms with Crippen molar-refractivity contribution in [3.8, 4) is 0 Å². The van der Waals surface area contributed by atoms with Crippen LogP contribution in [0.5, 0.6) is 0 Å². The van der Waals surface area contributed by atoms with E-state index in [2.05, 4.69) is 0 Å². The minimum absolute atomic E-state index is 0. The lowest BCUT2D eigenvalue weighted by Crippen LogP contribution is -2.33. The topological polar surface area (TPSA) is 63.4 Å². The fourth-order valence-corrected chi connectivity index (χ4v) is 4.16. The Morgan fingerprint density at radius 1 is 1.45 bits per heavy atom. The second-order valence-electron chi connectivity index (χ2n) is 5.18. The molecule has 0 aliphatic carbocycles. The van der Waals surface area contributed by atoms with Gasteiger partial charge in [0, 0.05) is 19.1 Å². The van der Waals surface area contributed by atoms with E-state index in [1.807, 2.05) is 6.92 Å². The Bertz CT molecular complexity index is 578. The Labute approximate surface area is 125 Å². The van der Waals surface area contributed by atoms with Crippen molar-refractivity contribution in [3.63, 3.8) is 0 Å². The monoisotopic (exact) mass is 322 g/mol. The molecule has 2 N–H and O–H groups in total. The quantitative estimate of drug-likeness (QED) is 0.924. The van der Waals surface area contributed by atoms with Crippen LogP contribution in [0.3, 0.4) is 0 Å². The van der Waals surface area contributed by atoms with Crippen molar-refractivity contribution < 1.29 is 12.8 Å². The van der Waals surface area contributed by atoms with Gasteiger partial charge in [-0.1, -0.05) is 0 Å². The lowest BCUT2D eigenvalue weighted by atomic mass is 10.0. The van der Waals surface area contributed by atoms with Crippen LogP contribution in [0, 0.1) is 18.7 Å². The van der Waals surface area contributed by atoms with Crippen LogP contribution in [0.25, 0.3) is 0 Å². The van der Waals surface area contributed by atoms with E-state index in [1.165, 1.54) is 22.5 Å². The molecule has 2 rings (SSSR count). The fraction of sp³-hybridized carbons (Fsp3) is 0.538. The Hall–Kier alpha value is -0.690. The molecule has 4 nitrogen and oxygen atoms in total. The van der Waals surface area contributed by atoms with Gasteiger partial charge >= 0.3 is 0 Å². The van der Waals surface area contributed by atoms with Crippen LogP contribution in [0.1, 0.15) is 18.9 Å². The summed E-state index contributed by atoms with van der Waals surface area (Å²) in [5.41, 5.74) is 6.26. The molecule has 0 radical (unpaired) electrons. The molecule has 1 aromatic rings. The molecule has 1 heterocycles. The summed E-state index contributed by atoms with van der Waals surface area (Å²) in [6.45, 7) is 4.42. The first kappa shape index (κ1) is 17.4. The summed E-state index contributed by atoms with van der Waals surface area (Å²) in [6, 6.07) is 3.74. The number of halogens is 2. The molecule has 0 aromatic heterocycles. The molecule has 1 fully saturated rings. The van der Waals surface area contributed by atoms with Crippen molar-refractivity contribution in [1.82, 2.24) is 4.31 Å². The summed E-state index contributed by atoms with van der Waals surface area (Å²) in [6.07, 6.45) is 0.775. The highest BCUT2D eigenvalue weighted by Gasteiger charge is 2.34. The van der Waals surface area contributed by atoms with E-state index in [4.69, 9.17) is 5.73 Å². The van der Waals surface area contributed by atoms with Crippen molar-refractivity contribution in [2.24, 2.45) is 11.7 Å². The molecule has 20 heavy (non-hydrogen) atoms. The molecule has 0 spiro atoms. The molecule has 0 bridgehead atoms. The molecule has 1 aromatic carbocycles. The van der Waals surface area contributed by atoms with E-state index >= 15 is 0 Å². The highest BCUT2D eigenvalue weighted by atomic mass is 35.5. The number of sulfonamides is 1. The highest BCUT2D eigenvalue weighted by molar-refractivity contribution is 7.89. The van der Waals surface area contributed by atoms with E-state index in [1.54, 1.807) is 6.92 Å². The fourth-order valence-electron chi connectivity index (χ4n) is 2.44. The summed E-state index contributed by atoms with van der Waals surface area (Å²) < 4.78 is 39.5. The number of benzene rings is 1. The van der Waals surface area contributed by atoms with Crippen LogP contribution in [0.15, 0.2) is 23.1 Å². The number of hydrogen-bond donors (Lipinski definition) is 1. The molecule has 0 saturated carbocycles. The lowest BCUT2D eigenvalue weighted by Gasteiger charge is -2.19. The van der Waals surface area contributed by atoms with Gasteiger partial charge in [-0.3, -0.25) is 0 Å². The maximum atomic E-state index is 13.1. The van der Waals surface area contributed by atoms with Gasteiger partial charge < -0.3 is 5.73 Å². The smallest absolute Gasteiger partial charge is 0.243 e. The van der Waals surface area contributed by atoms with E-state index in [0.717, 1.165) is 6.42 Å². The van der Waals surface area contributed by atoms with Crippen LogP contribution < -0.4 is 5.73 Å². The highest BCUT2D eigenvalue weighted by Crippen LogP contribution is 2.27. The predicted molar refractivity (Wildman–Crippen MR) is 78.9 cm³/mol. The van der Waals surface area contributed by atoms with Gasteiger partial charge in [-0.25, -0.2) is 12.8 Å². The number of nitrogens with zero attached hydrogens (tertiary/aromatic N) is 1. The zero-order valence-corrected chi connectivity index (χ0v) is 13.2. The first-order valence-electron chi connectivity index (χ1n) is 6.34. The van der Waals surface area contributed by atoms with Gasteiger partial charge in [0.25, 0.3) is 0 Å². The van der Waals surface area contributed by atoms with Crippen LogP contribution in [0.4, 0.5) is 4.39 Å². The molecule has 7 heteroatoms. The number of hydrogen-bond acceptors (Lipinski definition) is 3. The molecule has 2 atom stereocenters. The standard InChI is InChI=1S/C13H19FN2O2S.ClH/c1-9-7-12(14)3-4-13(9)19(17,18)16-6-5-11(8-16)10(2)15;/h3-4,7,10-11H,5-6,8,15H2,1-2H3;1H. The molecule has 1 aliphatic heterocycles. The molecule has 0 amide bonds. The first-order chi connectivity index (χ1) is 8.82.